The van der Waals surface area contributed by atoms with Crippen molar-refractivity contribution in [1.82, 2.24) is 5.32 Å². The summed E-state index contributed by atoms with van der Waals surface area (Å²) in [6, 6.07) is 2.91. The van der Waals surface area contributed by atoms with E-state index in [4.69, 9.17) is 9.84 Å². The number of halogens is 2. The molecule has 0 aromatic heterocycles. The fourth-order valence-electron chi connectivity index (χ4n) is 1.26. The molecule has 1 amide bonds. The molecule has 0 fully saturated rings. The van der Waals surface area contributed by atoms with E-state index in [1.54, 1.807) is 13.0 Å². The second kappa shape index (κ2) is 6.71. The third-order valence-corrected chi connectivity index (χ3v) is 3.31. The zero-order valence-corrected chi connectivity index (χ0v) is 12.9. The van der Waals surface area contributed by atoms with Crippen molar-refractivity contribution in [2.24, 2.45) is 0 Å². The quantitative estimate of drug-likeness (QED) is 0.586. The zero-order valence-electron chi connectivity index (χ0n) is 9.72. The minimum atomic E-state index is -1.16. The van der Waals surface area contributed by atoms with Gasteiger partial charge in [-0.25, -0.2) is 4.79 Å². The maximum absolute atomic E-state index is 10.8. The van der Waals surface area contributed by atoms with Gasteiger partial charge in [0.2, 0.25) is 0 Å². The molecule has 19 heavy (non-hydrogen) atoms. The van der Waals surface area contributed by atoms with Gasteiger partial charge in [0.15, 0.2) is 0 Å². The van der Waals surface area contributed by atoms with E-state index >= 15 is 0 Å². The van der Waals surface area contributed by atoms with E-state index in [0.29, 0.717) is 4.47 Å². The highest BCUT2D eigenvalue weighted by Gasteiger charge is 2.19. The Kier molecular flexibility index (Phi) is 5.55. The van der Waals surface area contributed by atoms with E-state index in [-0.39, 0.29) is 22.5 Å². The number of nitro benzene ring substituents is 1. The van der Waals surface area contributed by atoms with E-state index in [2.05, 4.69) is 37.2 Å². The highest BCUT2D eigenvalue weighted by Crippen LogP contribution is 2.37. The molecule has 1 aromatic rings. The Morgan fingerprint density at radius 2 is 2.21 bits per heavy atom. The smallest absolute Gasteiger partial charge is 0.404 e. The van der Waals surface area contributed by atoms with Gasteiger partial charge < -0.3 is 15.2 Å². The number of ether oxygens (including phenoxy) is 1. The normalized spacial score (nSPS) is 11.7. The number of carbonyl (C=O) groups is 1. The summed E-state index contributed by atoms with van der Waals surface area (Å²) in [4.78, 5) is 20.6. The number of nitro groups is 1. The number of rotatable bonds is 5. The molecule has 0 bridgehead atoms. The molecule has 2 N–H and O–H groups in total. The molecule has 0 saturated heterocycles. The lowest BCUT2D eigenvalue weighted by molar-refractivity contribution is -0.385. The molecule has 0 saturated carbocycles. The number of carboxylic acid groups (broad SMARTS) is 1. The molecule has 0 heterocycles. The lowest BCUT2D eigenvalue weighted by atomic mass is 10.3. The summed E-state index contributed by atoms with van der Waals surface area (Å²) >= 11 is 6.25. The lowest BCUT2D eigenvalue weighted by Crippen LogP contribution is -2.32. The highest BCUT2D eigenvalue weighted by atomic mass is 79.9. The van der Waals surface area contributed by atoms with Crippen LogP contribution in [0.2, 0.25) is 0 Å². The van der Waals surface area contributed by atoms with Crippen molar-refractivity contribution < 1.29 is 19.6 Å². The van der Waals surface area contributed by atoms with Gasteiger partial charge in [-0.1, -0.05) is 15.9 Å². The molecule has 0 spiro atoms. The average molecular weight is 398 g/mol. The molecule has 0 radical (unpaired) electrons. The number of hydrogen-bond acceptors (Lipinski definition) is 4. The van der Waals surface area contributed by atoms with Gasteiger partial charge in [0.25, 0.3) is 5.69 Å². The summed E-state index contributed by atoms with van der Waals surface area (Å²) in [6.45, 7) is 1.72. The zero-order chi connectivity index (χ0) is 14.6. The lowest BCUT2D eigenvalue weighted by Gasteiger charge is -2.15. The van der Waals surface area contributed by atoms with Crippen LogP contribution in [-0.2, 0) is 0 Å². The number of amides is 1. The molecule has 1 rings (SSSR count). The Morgan fingerprint density at radius 3 is 2.74 bits per heavy atom. The van der Waals surface area contributed by atoms with Gasteiger partial charge in [-0.15, -0.1) is 0 Å². The van der Waals surface area contributed by atoms with Crippen LogP contribution >= 0.6 is 31.9 Å². The van der Waals surface area contributed by atoms with Gasteiger partial charge in [0.05, 0.1) is 11.5 Å². The number of nitrogens with one attached hydrogen (secondary N) is 1. The fraction of sp³-hybridized carbons (Fsp3) is 0.300. The SMILES string of the molecule is CC(CNC(=O)O)Oc1cc(Br)cc([N+](=O)[O-])c1Br. The van der Waals surface area contributed by atoms with E-state index in [0.717, 1.165) is 0 Å². The molecule has 104 valence electrons. The van der Waals surface area contributed by atoms with Crippen LogP contribution in [0.15, 0.2) is 21.1 Å². The molecule has 1 aromatic carbocycles. The van der Waals surface area contributed by atoms with Crippen molar-refractivity contribution in [3.8, 4) is 5.75 Å². The van der Waals surface area contributed by atoms with Crippen molar-refractivity contribution >= 4 is 43.6 Å². The van der Waals surface area contributed by atoms with Gasteiger partial charge in [0.1, 0.15) is 16.3 Å². The van der Waals surface area contributed by atoms with E-state index in [1.165, 1.54) is 6.07 Å². The van der Waals surface area contributed by atoms with Crippen LogP contribution in [0, 0.1) is 10.1 Å². The van der Waals surface area contributed by atoms with Crippen molar-refractivity contribution in [3.05, 3.63) is 31.2 Å². The van der Waals surface area contributed by atoms with Crippen LogP contribution in [0.4, 0.5) is 10.5 Å². The third-order valence-electron chi connectivity index (χ3n) is 2.05. The number of nitrogens with zero attached hydrogens (tertiary/aromatic N) is 1. The Labute approximate surface area is 125 Å². The summed E-state index contributed by atoms with van der Waals surface area (Å²) in [6.07, 6.45) is -1.63. The minimum absolute atomic E-state index is 0.0715. The number of hydrogen-bond donors (Lipinski definition) is 2. The monoisotopic (exact) mass is 396 g/mol. The van der Waals surface area contributed by atoms with Gasteiger partial charge in [-0.05, 0) is 28.9 Å². The van der Waals surface area contributed by atoms with Crippen LogP contribution in [0.1, 0.15) is 6.92 Å². The maximum atomic E-state index is 10.8. The fourth-order valence-corrected chi connectivity index (χ4v) is 2.15. The summed E-state index contributed by atoms with van der Waals surface area (Å²) < 4.78 is 6.17. The predicted molar refractivity (Wildman–Crippen MR) is 74.6 cm³/mol. The largest absolute Gasteiger partial charge is 0.487 e. The standard InChI is InChI=1S/C10H10Br2N2O5/c1-5(4-13-10(15)16)19-8-3-6(11)2-7(9(8)12)14(17)18/h2-3,5,13H,4H2,1H3,(H,15,16). The van der Waals surface area contributed by atoms with Gasteiger partial charge >= 0.3 is 6.09 Å². The molecule has 9 heteroatoms. The van der Waals surface area contributed by atoms with Crippen LogP contribution in [0.25, 0.3) is 0 Å². The van der Waals surface area contributed by atoms with Crippen molar-refractivity contribution in [1.29, 1.82) is 0 Å². The topological polar surface area (TPSA) is 102 Å². The second-order valence-electron chi connectivity index (χ2n) is 3.61. The molecule has 0 aliphatic carbocycles. The first kappa shape index (κ1) is 15.7. The molecule has 0 aliphatic rings. The summed E-state index contributed by atoms with van der Waals surface area (Å²) in [5.74, 6) is 0.265. The average Bonchev–Trinajstić information content (AvgIpc) is 2.30. The van der Waals surface area contributed by atoms with Crippen LogP contribution in [0.5, 0.6) is 5.75 Å². The van der Waals surface area contributed by atoms with Crippen LogP contribution < -0.4 is 10.1 Å². The Morgan fingerprint density at radius 1 is 1.58 bits per heavy atom. The van der Waals surface area contributed by atoms with E-state index < -0.39 is 17.1 Å². The van der Waals surface area contributed by atoms with E-state index in [1.807, 2.05) is 0 Å². The van der Waals surface area contributed by atoms with Crippen molar-refractivity contribution in [3.63, 3.8) is 0 Å². The molecular weight excluding hydrogens is 388 g/mol. The predicted octanol–water partition coefficient (Wildman–Crippen LogP) is 3.15. The first-order valence-electron chi connectivity index (χ1n) is 5.08. The Balaban J connectivity index is 2.89. The van der Waals surface area contributed by atoms with Crippen molar-refractivity contribution in [2.45, 2.75) is 13.0 Å². The summed E-state index contributed by atoms with van der Waals surface area (Å²) in [7, 11) is 0. The molecule has 1 atom stereocenters. The van der Waals surface area contributed by atoms with E-state index in [9.17, 15) is 14.9 Å². The number of benzene rings is 1. The van der Waals surface area contributed by atoms with Gasteiger partial charge in [-0.2, -0.15) is 0 Å². The summed E-state index contributed by atoms with van der Waals surface area (Å²) in [5, 5.41) is 21.5. The maximum Gasteiger partial charge on any atom is 0.404 e. The third kappa shape index (κ3) is 4.67. The summed E-state index contributed by atoms with van der Waals surface area (Å²) in [5.41, 5.74) is -0.136. The van der Waals surface area contributed by atoms with Gasteiger partial charge in [-0.3, -0.25) is 10.1 Å². The Bertz CT molecular complexity index is 509. The highest BCUT2D eigenvalue weighted by molar-refractivity contribution is 9.11. The van der Waals surface area contributed by atoms with Gasteiger partial charge in [0, 0.05) is 10.5 Å². The molecule has 0 aliphatic heterocycles. The first-order chi connectivity index (χ1) is 8.81. The van der Waals surface area contributed by atoms with Crippen LogP contribution in [-0.4, -0.2) is 28.8 Å². The van der Waals surface area contributed by atoms with Crippen molar-refractivity contribution in [2.75, 3.05) is 6.54 Å². The molecular formula is C10H10Br2N2O5. The molecule has 7 nitrogen and oxygen atoms in total. The Hall–Kier alpha value is -1.35. The van der Waals surface area contributed by atoms with Crippen LogP contribution in [0.3, 0.4) is 0 Å². The second-order valence-corrected chi connectivity index (χ2v) is 5.32. The molecule has 1 unspecified atom stereocenters. The minimum Gasteiger partial charge on any atom is -0.487 e. The first-order valence-corrected chi connectivity index (χ1v) is 6.66.